The van der Waals surface area contributed by atoms with E-state index in [0.29, 0.717) is 12.8 Å². The Kier molecular flexibility index (Phi) is 5.45. The topological polar surface area (TPSA) is 63.6 Å². The number of ether oxygens (including phenoxy) is 1. The Bertz CT molecular complexity index is 872. The zero-order valence-electron chi connectivity index (χ0n) is 18.5. The molecular formula is C24H31ClF2O4. The summed E-state index contributed by atoms with van der Waals surface area (Å²) >= 11 is 6.19. The molecule has 0 unspecified atom stereocenters. The van der Waals surface area contributed by atoms with Gasteiger partial charge in [-0.05, 0) is 56.1 Å². The lowest BCUT2D eigenvalue weighted by Crippen LogP contribution is -2.69. The van der Waals surface area contributed by atoms with Crippen molar-refractivity contribution in [3.05, 3.63) is 22.8 Å². The van der Waals surface area contributed by atoms with Gasteiger partial charge in [0.25, 0.3) is 0 Å². The molecule has 1 N–H and O–H groups in total. The quantitative estimate of drug-likeness (QED) is 0.618. The third-order valence-corrected chi connectivity index (χ3v) is 9.08. The molecule has 0 heterocycles. The first-order valence-electron chi connectivity index (χ1n) is 11.3. The van der Waals surface area contributed by atoms with Gasteiger partial charge in [-0.1, -0.05) is 37.9 Å². The Morgan fingerprint density at radius 3 is 2.65 bits per heavy atom. The van der Waals surface area contributed by atoms with Crippen LogP contribution >= 0.6 is 11.6 Å². The Morgan fingerprint density at radius 1 is 1.35 bits per heavy atom. The van der Waals surface area contributed by atoms with Crippen LogP contribution in [-0.4, -0.2) is 40.9 Å². The highest BCUT2D eigenvalue weighted by molar-refractivity contribution is 6.45. The summed E-state index contributed by atoms with van der Waals surface area (Å²) in [5.74, 6) is -1.98. The van der Waals surface area contributed by atoms with E-state index in [1.165, 1.54) is 19.1 Å². The maximum atomic E-state index is 17.2. The normalized spacial score (nSPS) is 48.8. The van der Waals surface area contributed by atoms with Crippen LogP contribution in [0.15, 0.2) is 22.8 Å². The Hall–Kier alpha value is -1.27. The first-order chi connectivity index (χ1) is 14.4. The van der Waals surface area contributed by atoms with Crippen molar-refractivity contribution >= 4 is 23.4 Å². The summed E-state index contributed by atoms with van der Waals surface area (Å²) in [6.45, 7) is 6.90. The third-order valence-electron chi connectivity index (χ3n) is 8.69. The average molecular weight is 457 g/mol. The molecule has 4 aliphatic rings. The van der Waals surface area contributed by atoms with Gasteiger partial charge >= 0.3 is 5.97 Å². The molecule has 0 spiro atoms. The number of halogens is 3. The summed E-state index contributed by atoms with van der Waals surface area (Å²) in [7, 11) is 0. The first-order valence-corrected chi connectivity index (χ1v) is 11.6. The minimum absolute atomic E-state index is 0.0233. The summed E-state index contributed by atoms with van der Waals surface area (Å²) in [6.07, 6.45) is 1.19. The van der Waals surface area contributed by atoms with Crippen molar-refractivity contribution in [1.82, 2.24) is 0 Å². The molecule has 0 amide bonds. The molecule has 0 aromatic rings. The van der Waals surface area contributed by atoms with E-state index < -0.39 is 52.5 Å². The van der Waals surface area contributed by atoms with Gasteiger partial charge in [0, 0.05) is 23.7 Å². The molecule has 3 fully saturated rings. The lowest BCUT2D eigenvalue weighted by Gasteiger charge is -2.63. The van der Waals surface area contributed by atoms with Crippen LogP contribution in [0.3, 0.4) is 0 Å². The van der Waals surface area contributed by atoms with Gasteiger partial charge in [0.2, 0.25) is 0 Å². The van der Waals surface area contributed by atoms with Crippen LogP contribution in [0.5, 0.6) is 0 Å². The van der Waals surface area contributed by atoms with Gasteiger partial charge in [0.15, 0.2) is 11.5 Å². The van der Waals surface area contributed by atoms with E-state index >= 15 is 8.78 Å². The van der Waals surface area contributed by atoms with Crippen molar-refractivity contribution in [2.45, 2.75) is 83.8 Å². The van der Waals surface area contributed by atoms with E-state index in [9.17, 15) is 14.7 Å². The highest BCUT2D eigenvalue weighted by Gasteiger charge is 2.74. The molecule has 172 valence electrons. The molecule has 3 saturated carbocycles. The van der Waals surface area contributed by atoms with Gasteiger partial charge in [-0.3, -0.25) is 9.59 Å². The molecule has 0 aromatic heterocycles. The van der Waals surface area contributed by atoms with Gasteiger partial charge < -0.3 is 9.84 Å². The largest absolute Gasteiger partial charge is 0.462 e. The minimum atomic E-state index is -2.17. The maximum absolute atomic E-state index is 17.2. The van der Waals surface area contributed by atoms with Gasteiger partial charge in [0.05, 0.1) is 11.1 Å². The molecular weight excluding hydrogens is 426 g/mol. The molecule has 9 atom stereocenters. The maximum Gasteiger partial charge on any atom is 0.302 e. The van der Waals surface area contributed by atoms with Crippen molar-refractivity contribution in [1.29, 1.82) is 0 Å². The lowest BCUT2D eigenvalue weighted by atomic mass is 9.44. The number of hydrogen-bond donors (Lipinski definition) is 1. The molecule has 0 aromatic carbocycles. The van der Waals surface area contributed by atoms with Crippen LogP contribution in [0.1, 0.15) is 59.8 Å². The number of esters is 1. The molecule has 4 nitrogen and oxygen atoms in total. The predicted molar refractivity (Wildman–Crippen MR) is 113 cm³/mol. The molecule has 7 heteroatoms. The standard InChI is InChI=1S/C24H31ClF2O4/c1-5-7-23-11-18(30)24(27)15(14(23)9-12(2)21(23)31-13(3)28)10-16(26)19-20(25)17(29)6-8-22(19,24)4/h6,8,12,14-16,18,21,30H,5,7,9-11H2,1-4H3/t12-,14+,15+,16+,18+,21-,22+,23+,24+/m1/s1. The van der Waals surface area contributed by atoms with Crippen molar-refractivity contribution < 1.29 is 28.2 Å². The molecule has 0 radical (unpaired) electrons. The fraction of sp³-hybridized carbons (Fsp3) is 0.750. The SMILES string of the molecule is CCC[C@]12C[C@H](O)[C@@]3(F)[C@@H](C[C@H](F)C4=C(Cl)C(=O)C=C[C@@]43C)[C@@H]1C[C@@H](C)[C@H]2OC(C)=O. The average Bonchev–Trinajstić information content (AvgIpc) is 2.93. The van der Waals surface area contributed by atoms with E-state index in [4.69, 9.17) is 16.3 Å². The predicted octanol–water partition coefficient (Wildman–Crippen LogP) is 4.83. The number of carbonyl (C=O) groups is 2. The van der Waals surface area contributed by atoms with Crippen LogP contribution in [-0.2, 0) is 14.3 Å². The summed E-state index contributed by atoms with van der Waals surface area (Å²) in [5, 5.41) is 11.1. The van der Waals surface area contributed by atoms with E-state index in [1.807, 2.05) is 13.8 Å². The molecule has 0 aliphatic heterocycles. The highest BCUT2D eigenvalue weighted by atomic mass is 35.5. The first kappa shape index (κ1) is 22.9. The van der Waals surface area contributed by atoms with Crippen molar-refractivity contribution in [2.24, 2.45) is 28.6 Å². The Balaban J connectivity index is 1.87. The zero-order valence-corrected chi connectivity index (χ0v) is 19.2. The number of carbonyl (C=O) groups excluding carboxylic acids is 2. The Labute approximate surface area is 187 Å². The molecule has 0 saturated heterocycles. The Morgan fingerprint density at radius 2 is 2.03 bits per heavy atom. The van der Waals surface area contributed by atoms with Crippen molar-refractivity contribution in [2.75, 3.05) is 0 Å². The van der Waals surface area contributed by atoms with E-state index in [0.717, 1.165) is 6.42 Å². The number of aliphatic hydroxyl groups excluding tert-OH is 1. The monoisotopic (exact) mass is 456 g/mol. The smallest absolute Gasteiger partial charge is 0.302 e. The number of alkyl halides is 2. The summed E-state index contributed by atoms with van der Waals surface area (Å²) in [4.78, 5) is 24.0. The van der Waals surface area contributed by atoms with Crippen LogP contribution in [0.25, 0.3) is 0 Å². The molecule has 4 aliphatic carbocycles. The van der Waals surface area contributed by atoms with Crippen LogP contribution in [0.2, 0.25) is 0 Å². The van der Waals surface area contributed by atoms with Crippen LogP contribution < -0.4 is 0 Å². The number of rotatable bonds is 3. The summed E-state index contributed by atoms with van der Waals surface area (Å²) < 4.78 is 38.5. The number of allylic oxidation sites excluding steroid dienone is 4. The third kappa shape index (κ3) is 2.86. The fourth-order valence-corrected chi connectivity index (χ4v) is 8.07. The lowest BCUT2D eigenvalue weighted by molar-refractivity contribution is -0.217. The van der Waals surface area contributed by atoms with Gasteiger partial charge in [-0.15, -0.1) is 0 Å². The molecule has 4 rings (SSSR count). The second-order valence-electron chi connectivity index (χ2n) is 10.3. The van der Waals surface area contributed by atoms with Gasteiger partial charge in [-0.2, -0.15) is 0 Å². The van der Waals surface area contributed by atoms with Crippen LogP contribution in [0, 0.1) is 28.6 Å². The minimum Gasteiger partial charge on any atom is -0.462 e. The number of hydrogen-bond acceptors (Lipinski definition) is 4. The highest BCUT2D eigenvalue weighted by Crippen LogP contribution is 2.70. The fourth-order valence-electron chi connectivity index (χ4n) is 7.70. The molecule has 0 bridgehead atoms. The van der Waals surface area contributed by atoms with Crippen molar-refractivity contribution in [3.8, 4) is 0 Å². The van der Waals surface area contributed by atoms with E-state index in [1.54, 1.807) is 6.92 Å². The molecule has 31 heavy (non-hydrogen) atoms. The van der Waals surface area contributed by atoms with Crippen molar-refractivity contribution in [3.63, 3.8) is 0 Å². The number of ketones is 1. The van der Waals surface area contributed by atoms with E-state index in [-0.39, 0.29) is 35.3 Å². The summed E-state index contributed by atoms with van der Waals surface area (Å²) in [6, 6.07) is 0. The zero-order chi connectivity index (χ0) is 22.9. The number of aliphatic hydroxyl groups is 1. The second kappa shape index (κ2) is 7.38. The summed E-state index contributed by atoms with van der Waals surface area (Å²) in [5.41, 5.74) is -4.34. The second-order valence-corrected chi connectivity index (χ2v) is 10.6. The number of fused-ring (bicyclic) bond motifs is 5. The van der Waals surface area contributed by atoms with Crippen LogP contribution in [0.4, 0.5) is 8.78 Å². The van der Waals surface area contributed by atoms with Gasteiger partial charge in [0.1, 0.15) is 12.3 Å². The van der Waals surface area contributed by atoms with Gasteiger partial charge in [-0.25, -0.2) is 8.78 Å². The van der Waals surface area contributed by atoms with E-state index in [2.05, 4.69) is 0 Å².